The van der Waals surface area contributed by atoms with E-state index in [1.54, 1.807) is 13.0 Å². The van der Waals surface area contributed by atoms with Gasteiger partial charge in [-0.2, -0.15) is 0 Å². The highest BCUT2D eigenvalue weighted by atomic mass is 32.2. The quantitative estimate of drug-likeness (QED) is 0.712. The second-order valence-corrected chi connectivity index (χ2v) is 8.47. The monoisotopic (exact) mass is 368 g/mol. The third-order valence-electron chi connectivity index (χ3n) is 4.44. The number of hydrogen-bond donors (Lipinski definition) is 3. The Hall–Kier alpha value is -1.93. The van der Waals surface area contributed by atoms with Crippen LogP contribution in [0.15, 0.2) is 18.2 Å². The van der Waals surface area contributed by atoms with Crippen LogP contribution in [0, 0.1) is 12.8 Å². The van der Waals surface area contributed by atoms with E-state index in [1.807, 2.05) is 0 Å². The topological polar surface area (TPSA) is 113 Å². The summed E-state index contributed by atoms with van der Waals surface area (Å²) >= 11 is 0. The number of rotatable bonds is 6. The SMILES string of the molecule is Cc1ccc(C(=O)O)cc1NC(=O)CS(=O)(=O)NC1CCC(C)CC1. The molecule has 0 saturated heterocycles. The number of sulfonamides is 1. The third-order valence-corrected chi connectivity index (χ3v) is 5.78. The molecule has 0 bridgehead atoms. The number of aryl methyl sites for hydroxylation is 1. The van der Waals surface area contributed by atoms with Crippen molar-refractivity contribution < 1.29 is 23.1 Å². The minimum atomic E-state index is -3.74. The second kappa shape index (κ2) is 7.97. The number of amides is 1. The molecule has 0 unspecified atom stereocenters. The van der Waals surface area contributed by atoms with E-state index in [0.717, 1.165) is 25.7 Å². The average molecular weight is 368 g/mol. The van der Waals surface area contributed by atoms with Gasteiger partial charge in [0, 0.05) is 11.7 Å². The van der Waals surface area contributed by atoms with E-state index in [9.17, 15) is 18.0 Å². The Morgan fingerprint density at radius 3 is 2.44 bits per heavy atom. The molecule has 0 spiro atoms. The standard InChI is InChI=1S/C17H24N2O5S/c1-11-3-7-14(8-4-11)19-25(23,24)10-16(20)18-15-9-13(17(21)22)6-5-12(15)2/h5-6,9,11,14,19H,3-4,7-8,10H2,1-2H3,(H,18,20)(H,21,22). The van der Waals surface area contributed by atoms with Crippen LogP contribution < -0.4 is 10.0 Å². The highest BCUT2D eigenvalue weighted by Gasteiger charge is 2.25. The van der Waals surface area contributed by atoms with Crippen LogP contribution in [0.5, 0.6) is 0 Å². The maximum atomic E-state index is 12.2. The smallest absolute Gasteiger partial charge is 0.335 e. The normalized spacial score (nSPS) is 20.9. The molecule has 0 radical (unpaired) electrons. The predicted molar refractivity (Wildman–Crippen MR) is 95.1 cm³/mol. The summed E-state index contributed by atoms with van der Waals surface area (Å²) in [5.74, 6) is -1.89. The van der Waals surface area contributed by atoms with Gasteiger partial charge in [0.2, 0.25) is 15.9 Å². The molecule has 0 aliphatic heterocycles. The molecule has 0 atom stereocenters. The number of benzene rings is 1. The Kier molecular flexibility index (Phi) is 6.18. The molecule has 1 aromatic rings. The minimum Gasteiger partial charge on any atom is -0.478 e. The van der Waals surface area contributed by atoms with Crippen LogP contribution in [-0.4, -0.2) is 37.2 Å². The van der Waals surface area contributed by atoms with Crippen molar-refractivity contribution >= 4 is 27.6 Å². The fourth-order valence-corrected chi connectivity index (χ4v) is 4.17. The fourth-order valence-electron chi connectivity index (χ4n) is 2.92. The zero-order chi connectivity index (χ0) is 18.6. The fraction of sp³-hybridized carbons (Fsp3) is 0.529. The highest BCUT2D eigenvalue weighted by Crippen LogP contribution is 2.24. The van der Waals surface area contributed by atoms with E-state index in [0.29, 0.717) is 17.2 Å². The summed E-state index contributed by atoms with van der Waals surface area (Å²) in [6, 6.07) is 4.19. The van der Waals surface area contributed by atoms with Crippen LogP contribution in [0.25, 0.3) is 0 Å². The summed E-state index contributed by atoms with van der Waals surface area (Å²) < 4.78 is 26.9. The largest absolute Gasteiger partial charge is 0.478 e. The summed E-state index contributed by atoms with van der Waals surface area (Å²) in [6.07, 6.45) is 3.50. The first-order chi connectivity index (χ1) is 11.7. The molecule has 2 rings (SSSR count). The van der Waals surface area contributed by atoms with Crippen molar-refractivity contribution in [2.75, 3.05) is 11.1 Å². The lowest BCUT2D eigenvalue weighted by atomic mass is 9.88. The van der Waals surface area contributed by atoms with Crippen molar-refractivity contribution in [2.24, 2.45) is 5.92 Å². The molecule has 1 aliphatic carbocycles. The average Bonchev–Trinajstić information content (AvgIpc) is 2.50. The first-order valence-electron chi connectivity index (χ1n) is 8.30. The first-order valence-corrected chi connectivity index (χ1v) is 9.95. The van der Waals surface area contributed by atoms with Gasteiger partial charge in [0.25, 0.3) is 0 Å². The molecular weight excluding hydrogens is 344 g/mol. The van der Waals surface area contributed by atoms with Gasteiger partial charge in [-0.15, -0.1) is 0 Å². The van der Waals surface area contributed by atoms with Gasteiger partial charge in [-0.25, -0.2) is 17.9 Å². The maximum Gasteiger partial charge on any atom is 0.335 e. The summed E-state index contributed by atoms with van der Waals surface area (Å²) in [5, 5.41) is 11.5. The molecule has 0 heterocycles. The van der Waals surface area contributed by atoms with Crippen molar-refractivity contribution in [1.29, 1.82) is 0 Å². The van der Waals surface area contributed by atoms with E-state index in [4.69, 9.17) is 5.11 Å². The van der Waals surface area contributed by atoms with Gasteiger partial charge in [-0.3, -0.25) is 4.79 Å². The lowest BCUT2D eigenvalue weighted by Gasteiger charge is -2.26. The van der Waals surface area contributed by atoms with E-state index in [-0.39, 0.29) is 11.6 Å². The molecule has 1 aliphatic rings. The van der Waals surface area contributed by atoms with Crippen LogP contribution in [-0.2, 0) is 14.8 Å². The van der Waals surface area contributed by atoms with Crippen LogP contribution in [0.3, 0.4) is 0 Å². The Labute approximate surface area is 147 Å². The summed E-state index contributed by atoms with van der Waals surface area (Å²) in [6.45, 7) is 3.85. The molecule has 0 aromatic heterocycles. The molecule has 3 N–H and O–H groups in total. The second-order valence-electron chi connectivity index (χ2n) is 6.72. The van der Waals surface area contributed by atoms with Crippen LogP contribution in [0.4, 0.5) is 5.69 Å². The zero-order valence-corrected chi connectivity index (χ0v) is 15.2. The van der Waals surface area contributed by atoms with Gasteiger partial charge in [0.05, 0.1) is 5.56 Å². The van der Waals surface area contributed by atoms with E-state index >= 15 is 0 Å². The lowest BCUT2D eigenvalue weighted by molar-refractivity contribution is -0.113. The Morgan fingerprint density at radius 1 is 1.20 bits per heavy atom. The Morgan fingerprint density at radius 2 is 1.84 bits per heavy atom. The van der Waals surface area contributed by atoms with Gasteiger partial charge >= 0.3 is 5.97 Å². The van der Waals surface area contributed by atoms with Gasteiger partial charge < -0.3 is 10.4 Å². The Balaban J connectivity index is 1.97. The summed E-state index contributed by atoms with van der Waals surface area (Å²) in [4.78, 5) is 23.1. The number of hydrogen-bond acceptors (Lipinski definition) is 4. The third kappa shape index (κ3) is 5.82. The molecule has 25 heavy (non-hydrogen) atoms. The molecule has 1 aromatic carbocycles. The minimum absolute atomic E-state index is 0.0261. The molecule has 1 fully saturated rings. The number of carbonyl (C=O) groups excluding carboxylic acids is 1. The van der Waals surface area contributed by atoms with Crippen molar-refractivity contribution in [3.8, 4) is 0 Å². The molecule has 7 nitrogen and oxygen atoms in total. The van der Waals surface area contributed by atoms with Gasteiger partial charge in [0.15, 0.2) is 0 Å². The van der Waals surface area contributed by atoms with E-state index in [2.05, 4.69) is 17.0 Å². The van der Waals surface area contributed by atoms with E-state index < -0.39 is 27.7 Å². The Bertz CT molecular complexity index is 752. The first kappa shape index (κ1) is 19.4. The van der Waals surface area contributed by atoms with E-state index in [1.165, 1.54) is 12.1 Å². The predicted octanol–water partition coefficient (Wildman–Crippen LogP) is 2.13. The van der Waals surface area contributed by atoms with Crippen molar-refractivity contribution in [3.05, 3.63) is 29.3 Å². The molecule has 8 heteroatoms. The molecule has 1 saturated carbocycles. The van der Waals surface area contributed by atoms with Crippen molar-refractivity contribution in [2.45, 2.75) is 45.6 Å². The van der Waals surface area contributed by atoms with Crippen molar-refractivity contribution in [1.82, 2.24) is 4.72 Å². The highest BCUT2D eigenvalue weighted by molar-refractivity contribution is 7.90. The van der Waals surface area contributed by atoms with Gasteiger partial charge in [-0.1, -0.05) is 13.0 Å². The maximum absolute atomic E-state index is 12.2. The van der Waals surface area contributed by atoms with Crippen LogP contribution in [0.1, 0.15) is 48.5 Å². The number of carboxylic acids is 1. The number of carboxylic acid groups (broad SMARTS) is 1. The molecular formula is C17H24N2O5S. The number of carbonyl (C=O) groups is 2. The van der Waals surface area contributed by atoms with Crippen LogP contribution >= 0.6 is 0 Å². The number of nitrogens with one attached hydrogen (secondary N) is 2. The summed E-state index contributed by atoms with van der Waals surface area (Å²) in [7, 11) is -3.74. The van der Waals surface area contributed by atoms with Gasteiger partial charge in [-0.05, 0) is 56.2 Å². The van der Waals surface area contributed by atoms with Gasteiger partial charge in [0.1, 0.15) is 5.75 Å². The lowest BCUT2D eigenvalue weighted by Crippen LogP contribution is -2.41. The molecule has 138 valence electrons. The van der Waals surface area contributed by atoms with Crippen LogP contribution in [0.2, 0.25) is 0 Å². The molecule has 1 amide bonds. The summed E-state index contributed by atoms with van der Waals surface area (Å²) in [5.41, 5.74) is 0.981. The zero-order valence-electron chi connectivity index (χ0n) is 14.4. The van der Waals surface area contributed by atoms with Crippen molar-refractivity contribution in [3.63, 3.8) is 0 Å². The number of aromatic carboxylic acids is 1. The number of anilines is 1.